The number of pyridine rings is 1. The molecule has 0 aliphatic heterocycles. The second-order valence-corrected chi connectivity index (χ2v) is 4.32. The van der Waals surface area contributed by atoms with Crippen LogP contribution in [0.2, 0.25) is 0 Å². The Morgan fingerprint density at radius 3 is 2.62 bits per heavy atom. The molecule has 0 spiro atoms. The molecule has 0 saturated carbocycles. The molecular formula is C15H13FN2O3. The molecule has 0 radical (unpaired) electrons. The van der Waals surface area contributed by atoms with Crippen LogP contribution in [0.5, 0.6) is 0 Å². The maximum Gasteiger partial charge on any atom is 0.337 e. The van der Waals surface area contributed by atoms with Crippen LogP contribution in [0.15, 0.2) is 36.7 Å². The number of aromatic carboxylic acids is 1. The molecule has 0 unspecified atom stereocenters. The average molecular weight is 288 g/mol. The van der Waals surface area contributed by atoms with E-state index in [1.54, 1.807) is 13.0 Å². The number of nitrogens with one attached hydrogen (secondary N) is 1. The van der Waals surface area contributed by atoms with E-state index in [0.29, 0.717) is 17.7 Å². The van der Waals surface area contributed by atoms with Gasteiger partial charge in [0.1, 0.15) is 5.82 Å². The van der Waals surface area contributed by atoms with E-state index in [4.69, 9.17) is 5.11 Å². The van der Waals surface area contributed by atoms with Gasteiger partial charge >= 0.3 is 5.97 Å². The molecule has 1 amide bonds. The summed E-state index contributed by atoms with van der Waals surface area (Å²) < 4.78 is 14.0. The first kappa shape index (κ1) is 14.6. The molecule has 2 aromatic rings. The van der Waals surface area contributed by atoms with E-state index >= 15 is 0 Å². The van der Waals surface area contributed by atoms with E-state index in [0.717, 1.165) is 0 Å². The third-order valence-electron chi connectivity index (χ3n) is 2.87. The van der Waals surface area contributed by atoms with Crippen LogP contribution < -0.4 is 5.32 Å². The Balaban J connectivity index is 2.38. The van der Waals surface area contributed by atoms with Gasteiger partial charge in [-0.1, -0.05) is 6.07 Å². The lowest BCUT2D eigenvalue weighted by atomic mass is 10.0. The topological polar surface area (TPSA) is 79.3 Å². The van der Waals surface area contributed by atoms with Gasteiger partial charge in [-0.15, -0.1) is 0 Å². The van der Waals surface area contributed by atoms with Crippen LogP contribution in [0.4, 0.5) is 4.39 Å². The highest BCUT2D eigenvalue weighted by Crippen LogP contribution is 2.22. The summed E-state index contributed by atoms with van der Waals surface area (Å²) in [5, 5.41) is 11.4. The molecule has 0 bridgehead atoms. The molecule has 6 heteroatoms. The molecule has 1 aromatic heterocycles. The van der Waals surface area contributed by atoms with Crippen molar-refractivity contribution in [3.8, 4) is 11.1 Å². The van der Waals surface area contributed by atoms with Crippen LogP contribution in [0, 0.1) is 5.82 Å². The van der Waals surface area contributed by atoms with E-state index in [1.165, 1.54) is 30.6 Å². The van der Waals surface area contributed by atoms with Crippen LogP contribution in [0.1, 0.15) is 27.6 Å². The number of carboxylic acids is 1. The molecule has 0 aliphatic rings. The predicted molar refractivity (Wildman–Crippen MR) is 74.6 cm³/mol. The van der Waals surface area contributed by atoms with Crippen molar-refractivity contribution in [1.82, 2.24) is 10.3 Å². The first-order valence-corrected chi connectivity index (χ1v) is 6.29. The summed E-state index contributed by atoms with van der Waals surface area (Å²) in [5.74, 6) is -2.26. The summed E-state index contributed by atoms with van der Waals surface area (Å²) >= 11 is 0. The summed E-state index contributed by atoms with van der Waals surface area (Å²) in [6, 6.07) is 5.50. The summed E-state index contributed by atoms with van der Waals surface area (Å²) in [7, 11) is 0. The lowest BCUT2D eigenvalue weighted by molar-refractivity contribution is 0.0696. The fraction of sp³-hybridized carbons (Fsp3) is 0.133. The van der Waals surface area contributed by atoms with Gasteiger partial charge in [-0.2, -0.15) is 0 Å². The fourth-order valence-electron chi connectivity index (χ4n) is 1.85. The van der Waals surface area contributed by atoms with Crippen molar-refractivity contribution in [3.05, 3.63) is 53.6 Å². The summed E-state index contributed by atoms with van der Waals surface area (Å²) in [6.45, 7) is 2.15. The third kappa shape index (κ3) is 3.22. The van der Waals surface area contributed by atoms with Crippen molar-refractivity contribution in [3.63, 3.8) is 0 Å². The minimum Gasteiger partial charge on any atom is -0.478 e. The molecular weight excluding hydrogens is 275 g/mol. The van der Waals surface area contributed by atoms with E-state index in [-0.39, 0.29) is 11.1 Å². The normalized spacial score (nSPS) is 10.2. The van der Waals surface area contributed by atoms with Crippen molar-refractivity contribution >= 4 is 11.9 Å². The predicted octanol–water partition coefficient (Wildman–Crippen LogP) is 2.34. The van der Waals surface area contributed by atoms with Crippen LogP contribution in [0.25, 0.3) is 11.1 Å². The third-order valence-corrected chi connectivity index (χ3v) is 2.87. The Bertz CT molecular complexity index is 701. The van der Waals surface area contributed by atoms with Crippen molar-refractivity contribution in [2.45, 2.75) is 6.92 Å². The van der Waals surface area contributed by atoms with Gasteiger partial charge < -0.3 is 10.4 Å². The Labute approximate surface area is 120 Å². The van der Waals surface area contributed by atoms with E-state index in [1.807, 2.05) is 0 Å². The standard InChI is InChI=1S/C15H13FN2O3/c1-2-18-14(19)12-4-3-9(6-13(12)16)10-5-11(15(20)21)8-17-7-10/h3-8H,2H2,1H3,(H,18,19)(H,20,21). The number of rotatable bonds is 4. The smallest absolute Gasteiger partial charge is 0.337 e. The Morgan fingerprint density at radius 2 is 2.00 bits per heavy atom. The highest BCUT2D eigenvalue weighted by atomic mass is 19.1. The number of halogens is 1. The monoisotopic (exact) mass is 288 g/mol. The van der Waals surface area contributed by atoms with Gasteiger partial charge in [-0.25, -0.2) is 9.18 Å². The first-order chi connectivity index (χ1) is 10.0. The van der Waals surface area contributed by atoms with Crippen LogP contribution in [0.3, 0.4) is 0 Å². The molecule has 0 saturated heterocycles. The minimum absolute atomic E-state index is 0.0145. The highest BCUT2D eigenvalue weighted by Gasteiger charge is 2.13. The Kier molecular flexibility index (Phi) is 4.27. The number of carbonyl (C=O) groups is 2. The number of amides is 1. The van der Waals surface area contributed by atoms with Gasteiger partial charge in [0, 0.05) is 24.5 Å². The molecule has 0 atom stereocenters. The Hall–Kier alpha value is -2.76. The largest absolute Gasteiger partial charge is 0.478 e. The van der Waals surface area contributed by atoms with E-state index in [2.05, 4.69) is 10.3 Å². The lowest BCUT2D eigenvalue weighted by Crippen LogP contribution is -2.23. The molecule has 5 nitrogen and oxygen atoms in total. The van der Waals surface area contributed by atoms with Gasteiger partial charge in [0.05, 0.1) is 11.1 Å². The van der Waals surface area contributed by atoms with Crippen molar-refractivity contribution in [1.29, 1.82) is 0 Å². The van der Waals surface area contributed by atoms with Crippen LogP contribution in [-0.4, -0.2) is 28.5 Å². The van der Waals surface area contributed by atoms with Crippen molar-refractivity contribution in [2.24, 2.45) is 0 Å². The maximum absolute atomic E-state index is 14.0. The number of carboxylic acid groups (broad SMARTS) is 1. The minimum atomic E-state index is -1.11. The fourth-order valence-corrected chi connectivity index (χ4v) is 1.85. The first-order valence-electron chi connectivity index (χ1n) is 6.29. The number of hydrogen-bond donors (Lipinski definition) is 2. The summed E-state index contributed by atoms with van der Waals surface area (Å²) in [4.78, 5) is 26.3. The SMILES string of the molecule is CCNC(=O)c1ccc(-c2cncc(C(=O)O)c2)cc1F. The molecule has 2 rings (SSSR count). The highest BCUT2D eigenvalue weighted by molar-refractivity contribution is 5.95. The zero-order chi connectivity index (χ0) is 15.4. The van der Waals surface area contributed by atoms with E-state index < -0.39 is 17.7 Å². The molecule has 2 N–H and O–H groups in total. The molecule has 0 aliphatic carbocycles. The van der Waals surface area contributed by atoms with Gasteiger partial charge in [0.25, 0.3) is 5.91 Å². The summed E-state index contributed by atoms with van der Waals surface area (Å²) in [5.41, 5.74) is 0.885. The second-order valence-electron chi connectivity index (χ2n) is 4.32. The Morgan fingerprint density at radius 1 is 1.24 bits per heavy atom. The number of carbonyl (C=O) groups excluding carboxylic acids is 1. The van der Waals surface area contributed by atoms with Crippen molar-refractivity contribution in [2.75, 3.05) is 6.54 Å². The van der Waals surface area contributed by atoms with E-state index in [9.17, 15) is 14.0 Å². The van der Waals surface area contributed by atoms with Crippen LogP contribution >= 0.6 is 0 Å². The maximum atomic E-state index is 14.0. The molecule has 1 heterocycles. The average Bonchev–Trinajstić information content (AvgIpc) is 2.47. The summed E-state index contributed by atoms with van der Waals surface area (Å²) in [6.07, 6.45) is 2.65. The lowest BCUT2D eigenvalue weighted by Gasteiger charge is -2.07. The van der Waals surface area contributed by atoms with Crippen molar-refractivity contribution < 1.29 is 19.1 Å². The zero-order valence-corrected chi connectivity index (χ0v) is 11.3. The number of hydrogen-bond acceptors (Lipinski definition) is 3. The zero-order valence-electron chi connectivity index (χ0n) is 11.3. The number of benzene rings is 1. The quantitative estimate of drug-likeness (QED) is 0.905. The van der Waals surface area contributed by atoms with Crippen LogP contribution in [-0.2, 0) is 0 Å². The number of nitrogens with zero attached hydrogens (tertiary/aromatic N) is 1. The number of aromatic nitrogens is 1. The van der Waals surface area contributed by atoms with Gasteiger partial charge in [-0.3, -0.25) is 9.78 Å². The molecule has 21 heavy (non-hydrogen) atoms. The molecule has 0 fully saturated rings. The second kappa shape index (κ2) is 6.13. The van der Waals surface area contributed by atoms with Gasteiger partial charge in [-0.05, 0) is 30.7 Å². The molecule has 108 valence electrons. The molecule has 1 aromatic carbocycles. The van der Waals surface area contributed by atoms with Gasteiger partial charge in [0.2, 0.25) is 0 Å². The van der Waals surface area contributed by atoms with Gasteiger partial charge in [0.15, 0.2) is 0 Å².